The van der Waals surface area contributed by atoms with Gasteiger partial charge in [0.1, 0.15) is 17.4 Å². The second-order valence-electron chi connectivity index (χ2n) is 6.53. The summed E-state index contributed by atoms with van der Waals surface area (Å²) in [5, 5.41) is 14.6. The first kappa shape index (κ1) is 18.1. The fourth-order valence-electron chi connectivity index (χ4n) is 3.51. The molecule has 0 amide bonds. The maximum absolute atomic E-state index is 13.7. The second kappa shape index (κ2) is 7.01. The topological polar surface area (TPSA) is 99.3 Å². The molecule has 2 heterocycles. The van der Waals surface area contributed by atoms with Crippen LogP contribution in [0.3, 0.4) is 0 Å². The van der Waals surface area contributed by atoms with Gasteiger partial charge in [-0.15, -0.1) is 0 Å². The fraction of sp³-hybridized carbons (Fsp3) is 0.263. The van der Waals surface area contributed by atoms with Gasteiger partial charge < -0.3 is 10.1 Å². The van der Waals surface area contributed by atoms with Crippen LogP contribution in [0.25, 0.3) is 16.6 Å². The average molecular weight is 384 g/mol. The molecule has 3 aromatic rings. The molecule has 1 N–H and O–H groups in total. The molecule has 1 aliphatic rings. The van der Waals surface area contributed by atoms with Crippen LogP contribution in [0, 0.1) is 15.9 Å². The first-order valence-electron chi connectivity index (χ1n) is 8.78. The van der Waals surface area contributed by atoms with Crippen LogP contribution in [-0.4, -0.2) is 28.1 Å². The summed E-state index contributed by atoms with van der Waals surface area (Å²) in [5.74, 6) is 0.139. The lowest BCUT2D eigenvalue weighted by atomic mass is 10.1. The number of halogens is 1. The quantitative estimate of drug-likeness (QED) is 0.549. The van der Waals surface area contributed by atoms with Crippen LogP contribution in [0.2, 0.25) is 0 Å². The van der Waals surface area contributed by atoms with Crippen molar-refractivity contribution in [2.75, 3.05) is 13.7 Å². The Morgan fingerprint density at radius 3 is 2.82 bits per heavy atom. The van der Waals surface area contributed by atoms with E-state index in [4.69, 9.17) is 4.74 Å². The van der Waals surface area contributed by atoms with Gasteiger partial charge in [-0.3, -0.25) is 19.5 Å². The molecule has 1 saturated heterocycles. The first-order chi connectivity index (χ1) is 13.5. The largest absolute Gasteiger partial charge is 0.494 e. The van der Waals surface area contributed by atoms with E-state index in [0.29, 0.717) is 17.0 Å². The van der Waals surface area contributed by atoms with Gasteiger partial charge in [0, 0.05) is 18.2 Å². The van der Waals surface area contributed by atoms with Crippen molar-refractivity contribution in [3.05, 3.63) is 68.5 Å². The first-order valence-corrected chi connectivity index (χ1v) is 8.78. The molecule has 0 bridgehead atoms. The summed E-state index contributed by atoms with van der Waals surface area (Å²) in [6.45, 7) is 0.791. The van der Waals surface area contributed by atoms with Gasteiger partial charge in [0.2, 0.25) is 0 Å². The van der Waals surface area contributed by atoms with Gasteiger partial charge in [-0.1, -0.05) is 0 Å². The van der Waals surface area contributed by atoms with Crippen molar-refractivity contribution in [3.8, 4) is 11.4 Å². The summed E-state index contributed by atoms with van der Waals surface area (Å²) in [6.07, 6.45) is 1.72. The van der Waals surface area contributed by atoms with E-state index in [1.807, 2.05) is 0 Å². The number of benzene rings is 2. The number of fused-ring (bicyclic) bond motifs is 1. The standard InChI is InChI=1S/C19H17FN4O4/c1-28-17-9-11(20)4-7-16(17)23-18(15-3-2-8-21-15)22-14-6-5-12(24(26)27)10-13(14)19(23)25/h4-7,9-10,15,21H,2-3,8H2,1H3/t15-/m1/s1. The average Bonchev–Trinajstić information content (AvgIpc) is 3.22. The van der Waals surface area contributed by atoms with E-state index in [0.717, 1.165) is 19.4 Å². The van der Waals surface area contributed by atoms with E-state index < -0.39 is 16.3 Å². The van der Waals surface area contributed by atoms with Crippen LogP contribution >= 0.6 is 0 Å². The molecule has 0 spiro atoms. The molecule has 1 aromatic heterocycles. The van der Waals surface area contributed by atoms with E-state index in [2.05, 4.69) is 10.3 Å². The van der Waals surface area contributed by atoms with Gasteiger partial charge in [-0.05, 0) is 37.6 Å². The van der Waals surface area contributed by atoms with Crippen LogP contribution in [0.4, 0.5) is 10.1 Å². The summed E-state index contributed by atoms with van der Waals surface area (Å²) < 4.78 is 20.3. The molecule has 144 valence electrons. The summed E-state index contributed by atoms with van der Waals surface area (Å²) in [7, 11) is 1.39. The van der Waals surface area contributed by atoms with Gasteiger partial charge in [0.15, 0.2) is 0 Å². The Bertz CT molecular complexity index is 1140. The molecule has 0 unspecified atom stereocenters. The molecule has 28 heavy (non-hydrogen) atoms. The molecule has 4 rings (SSSR count). The molecule has 0 saturated carbocycles. The fourth-order valence-corrected chi connectivity index (χ4v) is 3.51. The Hall–Kier alpha value is -3.33. The Morgan fingerprint density at radius 1 is 1.32 bits per heavy atom. The SMILES string of the molecule is COc1cc(F)ccc1-n1c([C@H]2CCCN2)nc2ccc([N+](=O)[O-])cc2c1=O. The lowest BCUT2D eigenvalue weighted by molar-refractivity contribution is -0.384. The third kappa shape index (κ3) is 2.99. The number of nitrogens with one attached hydrogen (secondary N) is 1. The zero-order chi connectivity index (χ0) is 19.8. The highest BCUT2D eigenvalue weighted by molar-refractivity contribution is 5.80. The number of nitro benzene ring substituents is 1. The van der Waals surface area contributed by atoms with Gasteiger partial charge in [0.05, 0.1) is 34.7 Å². The number of hydrogen-bond donors (Lipinski definition) is 1. The smallest absolute Gasteiger partial charge is 0.270 e. The van der Waals surface area contributed by atoms with Gasteiger partial charge >= 0.3 is 0 Å². The summed E-state index contributed by atoms with van der Waals surface area (Å²) >= 11 is 0. The van der Waals surface area contributed by atoms with Crippen LogP contribution in [0.5, 0.6) is 5.75 Å². The van der Waals surface area contributed by atoms with Crippen molar-refractivity contribution < 1.29 is 14.1 Å². The highest BCUT2D eigenvalue weighted by Crippen LogP contribution is 2.29. The van der Waals surface area contributed by atoms with E-state index in [-0.39, 0.29) is 22.9 Å². The summed E-state index contributed by atoms with van der Waals surface area (Å²) in [6, 6.07) is 7.70. The highest BCUT2D eigenvalue weighted by Gasteiger charge is 2.26. The number of nitrogens with zero attached hydrogens (tertiary/aromatic N) is 3. The number of nitro groups is 1. The van der Waals surface area contributed by atoms with Crippen LogP contribution in [0.15, 0.2) is 41.2 Å². The molecule has 0 radical (unpaired) electrons. The number of ether oxygens (including phenoxy) is 1. The number of aromatic nitrogens is 2. The molecular formula is C19H17FN4O4. The Labute approximate surface area is 158 Å². The molecule has 2 aromatic carbocycles. The van der Waals surface area contributed by atoms with Crippen molar-refractivity contribution in [1.82, 2.24) is 14.9 Å². The van der Waals surface area contributed by atoms with Gasteiger partial charge in [-0.2, -0.15) is 0 Å². The van der Waals surface area contributed by atoms with Crippen molar-refractivity contribution in [1.29, 1.82) is 0 Å². The molecule has 8 nitrogen and oxygen atoms in total. The molecule has 1 fully saturated rings. The lowest BCUT2D eigenvalue weighted by Gasteiger charge is -2.19. The van der Waals surface area contributed by atoms with E-state index >= 15 is 0 Å². The minimum Gasteiger partial charge on any atom is -0.494 e. The Balaban J connectivity index is 2.06. The molecule has 1 aliphatic heterocycles. The second-order valence-corrected chi connectivity index (χ2v) is 6.53. The highest BCUT2D eigenvalue weighted by atomic mass is 19.1. The normalized spacial score (nSPS) is 16.4. The monoisotopic (exact) mass is 384 g/mol. The Morgan fingerprint density at radius 2 is 2.14 bits per heavy atom. The maximum Gasteiger partial charge on any atom is 0.270 e. The van der Waals surface area contributed by atoms with Crippen molar-refractivity contribution >= 4 is 16.6 Å². The number of methoxy groups -OCH3 is 1. The third-order valence-electron chi connectivity index (χ3n) is 4.84. The third-order valence-corrected chi connectivity index (χ3v) is 4.84. The zero-order valence-electron chi connectivity index (χ0n) is 15.0. The summed E-state index contributed by atoms with van der Waals surface area (Å²) in [5.41, 5.74) is 0.0354. The molecule has 9 heteroatoms. The zero-order valence-corrected chi connectivity index (χ0v) is 15.0. The lowest BCUT2D eigenvalue weighted by Crippen LogP contribution is -2.29. The molecule has 0 aliphatic carbocycles. The number of hydrogen-bond acceptors (Lipinski definition) is 6. The summed E-state index contributed by atoms with van der Waals surface area (Å²) in [4.78, 5) is 28.5. The van der Waals surface area contributed by atoms with Crippen molar-refractivity contribution in [2.24, 2.45) is 0 Å². The predicted molar refractivity (Wildman–Crippen MR) is 100 cm³/mol. The van der Waals surface area contributed by atoms with E-state index in [1.54, 1.807) is 0 Å². The van der Waals surface area contributed by atoms with Crippen molar-refractivity contribution in [3.63, 3.8) is 0 Å². The number of non-ortho nitro benzene ring substituents is 1. The predicted octanol–water partition coefficient (Wildman–Crippen LogP) is 2.87. The van der Waals surface area contributed by atoms with Gasteiger partial charge in [-0.25, -0.2) is 9.37 Å². The van der Waals surface area contributed by atoms with Crippen molar-refractivity contribution in [2.45, 2.75) is 18.9 Å². The minimum atomic E-state index is -0.561. The van der Waals surface area contributed by atoms with Crippen LogP contribution in [0.1, 0.15) is 24.7 Å². The van der Waals surface area contributed by atoms with Gasteiger partial charge in [0.25, 0.3) is 11.2 Å². The van der Waals surface area contributed by atoms with E-state index in [1.165, 1.54) is 48.1 Å². The molecular weight excluding hydrogens is 367 g/mol. The molecule has 1 atom stereocenters. The Kier molecular flexibility index (Phi) is 4.52. The maximum atomic E-state index is 13.7. The van der Waals surface area contributed by atoms with Crippen LogP contribution < -0.4 is 15.6 Å². The minimum absolute atomic E-state index is 0.113. The number of rotatable bonds is 4. The van der Waals surface area contributed by atoms with E-state index in [9.17, 15) is 19.3 Å². The van der Waals surface area contributed by atoms with Crippen LogP contribution in [-0.2, 0) is 0 Å².